The van der Waals surface area contributed by atoms with Gasteiger partial charge < -0.3 is 14.4 Å². The predicted molar refractivity (Wildman–Crippen MR) is 80.2 cm³/mol. The molecule has 1 atom stereocenters. The Labute approximate surface area is 126 Å². The Bertz CT molecular complexity index is 497. The lowest BCUT2D eigenvalue weighted by Crippen LogP contribution is -2.34. The molecular formula is C16H22N2O3. The summed E-state index contributed by atoms with van der Waals surface area (Å²) in [5.74, 6) is 0.227. The number of para-hydroxylation sites is 1. The molecule has 0 fully saturated rings. The minimum absolute atomic E-state index is 0.118. The van der Waals surface area contributed by atoms with Gasteiger partial charge in [-0.1, -0.05) is 12.1 Å². The summed E-state index contributed by atoms with van der Waals surface area (Å²) < 4.78 is 10.5. The normalized spacial score (nSPS) is 11.5. The number of amides is 1. The molecule has 21 heavy (non-hydrogen) atoms. The van der Waals surface area contributed by atoms with Crippen LogP contribution in [0.3, 0.4) is 0 Å². The summed E-state index contributed by atoms with van der Waals surface area (Å²) in [6, 6.07) is 9.29. The van der Waals surface area contributed by atoms with Gasteiger partial charge in [-0.2, -0.15) is 5.26 Å². The molecule has 1 aromatic carbocycles. The molecule has 0 spiro atoms. The van der Waals surface area contributed by atoms with Crippen LogP contribution in [0, 0.1) is 17.2 Å². The molecule has 0 saturated carbocycles. The molecule has 0 unspecified atom stereocenters. The van der Waals surface area contributed by atoms with Crippen molar-refractivity contribution >= 4 is 5.91 Å². The molecule has 0 aromatic heterocycles. The van der Waals surface area contributed by atoms with Crippen LogP contribution in [0.1, 0.15) is 24.2 Å². The Morgan fingerprint density at radius 1 is 1.38 bits per heavy atom. The molecule has 1 amide bonds. The van der Waals surface area contributed by atoms with Crippen LogP contribution < -0.4 is 4.74 Å². The quantitative estimate of drug-likeness (QED) is 0.689. The second-order valence-electron chi connectivity index (χ2n) is 4.71. The fourth-order valence-corrected chi connectivity index (χ4v) is 1.90. The summed E-state index contributed by atoms with van der Waals surface area (Å²) in [4.78, 5) is 14.2. The summed E-state index contributed by atoms with van der Waals surface area (Å²) in [7, 11) is 1.60. The van der Waals surface area contributed by atoms with Gasteiger partial charge in [0.2, 0.25) is 0 Å². The van der Waals surface area contributed by atoms with Gasteiger partial charge >= 0.3 is 0 Å². The molecule has 1 aromatic rings. The topological polar surface area (TPSA) is 62.6 Å². The molecule has 0 heterocycles. The molecule has 0 aliphatic rings. The molecule has 0 aliphatic carbocycles. The fourth-order valence-electron chi connectivity index (χ4n) is 1.90. The summed E-state index contributed by atoms with van der Waals surface area (Å²) in [5.41, 5.74) is 0.514. The van der Waals surface area contributed by atoms with E-state index >= 15 is 0 Å². The first kappa shape index (κ1) is 17.0. The average molecular weight is 290 g/mol. The number of carbonyl (C=O) groups is 1. The Morgan fingerprint density at radius 2 is 2.10 bits per heavy atom. The second-order valence-corrected chi connectivity index (χ2v) is 4.71. The lowest BCUT2D eigenvalue weighted by Gasteiger charge is -2.23. The van der Waals surface area contributed by atoms with Crippen LogP contribution in [-0.4, -0.2) is 44.2 Å². The van der Waals surface area contributed by atoms with Gasteiger partial charge in [-0.15, -0.1) is 0 Å². The minimum atomic E-state index is -0.199. The molecule has 0 saturated heterocycles. The maximum absolute atomic E-state index is 12.6. The Balaban J connectivity index is 2.87. The lowest BCUT2D eigenvalue weighted by molar-refractivity contribution is 0.0745. The second kappa shape index (κ2) is 8.98. The van der Waals surface area contributed by atoms with Crippen molar-refractivity contribution in [3.8, 4) is 11.8 Å². The van der Waals surface area contributed by atoms with Gasteiger partial charge in [0.05, 0.1) is 24.2 Å². The van der Waals surface area contributed by atoms with Gasteiger partial charge in [0.1, 0.15) is 12.4 Å². The number of carbonyl (C=O) groups excluding carboxylic acids is 1. The maximum Gasteiger partial charge on any atom is 0.257 e. The standard InChI is InChI=1S/C16H22N2O3/c1-4-18(12-13(2)11-17)16(19)14-7-5-6-8-15(14)21-10-9-20-3/h5-8,13H,4,9-10,12H2,1-3H3/t13-/m1/s1. The number of nitriles is 1. The maximum atomic E-state index is 12.6. The average Bonchev–Trinajstić information content (AvgIpc) is 2.52. The van der Waals surface area contributed by atoms with Crippen LogP contribution in [-0.2, 0) is 4.74 Å². The molecule has 1 rings (SSSR count). The van der Waals surface area contributed by atoms with E-state index in [1.807, 2.05) is 13.0 Å². The summed E-state index contributed by atoms with van der Waals surface area (Å²) in [5, 5.41) is 8.90. The zero-order chi connectivity index (χ0) is 15.7. The zero-order valence-corrected chi connectivity index (χ0v) is 12.8. The molecule has 5 heteroatoms. The van der Waals surface area contributed by atoms with Crippen molar-refractivity contribution in [2.45, 2.75) is 13.8 Å². The first-order chi connectivity index (χ1) is 10.1. The van der Waals surface area contributed by atoms with Crippen molar-refractivity contribution in [3.05, 3.63) is 29.8 Å². The van der Waals surface area contributed by atoms with Gasteiger partial charge in [0.15, 0.2) is 0 Å². The van der Waals surface area contributed by atoms with Crippen LogP contribution >= 0.6 is 0 Å². The third-order valence-electron chi connectivity index (χ3n) is 3.05. The number of methoxy groups -OCH3 is 1. The third kappa shape index (κ3) is 5.09. The van der Waals surface area contributed by atoms with E-state index in [0.717, 1.165) is 0 Å². The summed E-state index contributed by atoms with van der Waals surface area (Å²) in [6.45, 7) is 5.52. The molecule has 5 nitrogen and oxygen atoms in total. The highest BCUT2D eigenvalue weighted by atomic mass is 16.5. The monoisotopic (exact) mass is 290 g/mol. The zero-order valence-electron chi connectivity index (χ0n) is 12.8. The largest absolute Gasteiger partial charge is 0.490 e. The van der Waals surface area contributed by atoms with Crippen molar-refractivity contribution in [2.24, 2.45) is 5.92 Å². The third-order valence-corrected chi connectivity index (χ3v) is 3.05. The summed E-state index contributed by atoms with van der Waals surface area (Å²) in [6.07, 6.45) is 0. The van der Waals surface area contributed by atoms with Gasteiger partial charge in [-0.3, -0.25) is 4.79 Å². The van der Waals surface area contributed by atoms with E-state index in [2.05, 4.69) is 6.07 Å². The van der Waals surface area contributed by atoms with Crippen molar-refractivity contribution in [1.82, 2.24) is 4.90 Å². The van der Waals surface area contributed by atoms with E-state index in [0.29, 0.717) is 37.6 Å². The molecule has 0 N–H and O–H groups in total. The molecular weight excluding hydrogens is 268 g/mol. The van der Waals surface area contributed by atoms with Gasteiger partial charge in [0.25, 0.3) is 5.91 Å². The van der Waals surface area contributed by atoms with E-state index in [4.69, 9.17) is 14.7 Å². The predicted octanol–water partition coefficient (Wildman–Crippen LogP) is 2.33. The van der Waals surface area contributed by atoms with Crippen LogP contribution in [0.25, 0.3) is 0 Å². The van der Waals surface area contributed by atoms with Gasteiger partial charge in [0, 0.05) is 20.2 Å². The summed E-state index contributed by atoms with van der Waals surface area (Å²) >= 11 is 0. The van der Waals surface area contributed by atoms with Crippen molar-refractivity contribution in [2.75, 3.05) is 33.4 Å². The van der Waals surface area contributed by atoms with E-state index in [-0.39, 0.29) is 11.8 Å². The first-order valence-electron chi connectivity index (χ1n) is 7.03. The molecule has 0 aliphatic heterocycles. The Morgan fingerprint density at radius 3 is 2.71 bits per heavy atom. The molecule has 0 radical (unpaired) electrons. The van der Waals surface area contributed by atoms with Crippen LogP contribution in [0.15, 0.2) is 24.3 Å². The van der Waals surface area contributed by atoms with E-state index in [9.17, 15) is 4.79 Å². The van der Waals surface area contributed by atoms with Crippen LogP contribution in [0.4, 0.5) is 0 Å². The highest BCUT2D eigenvalue weighted by molar-refractivity contribution is 5.96. The van der Waals surface area contributed by atoms with Crippen LogP contribution in [0.2, 0.25) is 0 Å². The number of nitrogens with zero attached hydrogens (tertiary/aromatic N) is 2. The lowest BCUT2D eigenvalue weighted by atomic mass is 10.1. The Hall–Kier alpha value is -2.06. The smallest absolute Gasteiger partial charge is 0.257 e. The van der Waals surface area contributed by atoms with E-state index in [1.54, 1.807) is 37.1 Å². The number of hydrogen-bond acceptors (Lipinski definition) is 4. The number of ether oxygens (including phenoxy) is 2. The van der Waals surface area contributed by atoms with Gasteiger partial charge in [-0.05, 0) is 26.0 Å². The SMILES string of the molecule is CCN(C[C@H](C)C#N)C(=O)c1ccccc1OCCOC. The minimum Gasteiger partial charge on any atom is -0.490 e. The number of hydrogen-bond donors (Lipinski definition) is 0. The highest BCUT2D eigenvalue weighted by Gasteiger charge is 2.19. The van der Waals surface area contributed by atoms with Gasteiger partial charge in [-0.25, -0.2) is 0 Å². The van der Waals surface area contributed by atoms with E-state index < -0.39 is 0 Å². The van der Waals surface area contributed by atoms with E-state index in [1.165, 1.54) is 0 Å². The number of rotatable bonds is 8. The number of benzene rings is 1. The van der Waals surface area contributed by atoms with Crippen molar-refractivity contribution < 1.29 is 14.3 Å². The fraction of sp³-hybridized carbons (Fsp3) is 0.500. The van der Waals surface area contributed by atoms with Crippen molar-refractivity contribution in [1.29, 1.82) is 5.26 Å². The first-order valence-corrected chi connectivity index (χ1v) is 7.03. The highest BCUT2D eigenvalue weighted by Crippen LogP contribution is 2.20. The Kier molecular flexibility index (Phi) is 7.27. The van der Waals surface area contributed by atoms with Crippen molar-refractivity contribution in [3.63, 3.8) is 0 Å². The molecule has 0 bridgehead atoms. The molecule has 114 valence electrons. The van der Waals surface area contributed by atoms with Crippen LogP contribution in [0.5, 0.6) is 5.75 Å².